The van der Waals surface area contributed by atoms with E-state index in [1.54, 1.807) is 12.1 Å². The number of carbonyl (C=O) groups excluding carboxylic acids is 1. The van der Waals surface area contributed by atoms with Crippen molar-refractivity contribution >= 4 is 23.6 Å². The molecule has 0 aliphatic carbocycles. The molecule has 2 aliphatic heterocycles. The van der Waals surface area contributed by atoms with Gasteiger partial charge in [0.25, 0.3) is 5.91 Å². The smallest absolute Gasteiger partial charge is 0.335 e. The lowest BCUT2D eigenvalue weighted by Gasteiger charge is -2.43. The molecule has 1 N–H and O–H groups in total. The van der Waals surface area contributed by atoms with Crippen LogP contribution in [0.5, 0.6) is 0 Å². The first-order valence-electron chi connectivity index (χ1n) is 7.41. The molecule has 1 aromatic rings. The zero-order valence-corrected chi connectivity index (χ0v) is 13.3. The summed E-state index contributed by atoms with van der Waals surface area (Å²) < 4.78 is 5.51. The number of hydrogen-bond acceptors (Lipinski definition) is 4. The van der Waals surface area contributed by atoms with Gasteiger partial charge in [0, 0.05) is 35.8 Å². The largest absolute Gasteiger partial charge is 0.478 e. The van der Waals surface area contributed by atoms with Crippen LogP contribution >= 0.6 is 11.8 Å². The van der Waals surface area contributed by atoms with Crippen LogP contribution in [0, 0.1) is 6.92 Å². The summed E-state index contributed by atoms with van der Waals surface area (Å²) in [4.78, 5) is 26.0. The van der Waals surface area contributed by atoms with Crippen LogP contribution in [0.15, 0.2) is 18.2 Å². The number of hydrogen-bond donors (Lipinski definition) is 1. The van der Waals surface area contributed by atoms with E-state index in [0.29, 0.717) is 30.6 Å². The Morgan fingerprint density at radius 3 is 2.86 bits per heavy atom. The van der Waals surface area contributed by atoms with Crippen LogP contribution in [0.4, 0.5) is 0 Å². The van der Waals surface area contributed by atoms with Gasteiger partial charge in [-0.25, -0.2) is 4.79 Å². The Morgan fingerprint density at radius 1 is 1.32 bits per heavy atom. The monoisotopic (exact) mass is 321 g/mol. The highest BCUT2D eigenvalue weighted by molar-refractivity contribution is 8.00. The van der Waals surface area contributed by atoms with Crippen molar-refractivity contribution in [2.24, 2.45) is 0 Å². The van der Waals surface area contributed by atoms with Crippen molar-refractivity contribution in [2.75, 3.05) is 25.5 Å². The van der Waals surface area contributed by atoms with E-state index in [9.17, 15) is 9.59 Å². The standard InChI is InChI=1S/C16H19NO4S/c1-10-6-11(8-12(7-10)16(19)20)15(18)17-3-5-22-14-9-21-4-2-13(14)17/h6-8,13-14H,2-5,9H2,1H3,(H,19,20). The van der Waals surface area contributed by atoms with E-state index in [0.717, 1.165) is 17.7 Å². The molecule has 3 rings (SSSR count). The molecule has 2 atom stereocenters. The lowest BCUT2D eigenvalue weighted by Crippen LogP contribution is -2.54. The maximum absolute atomic E-state index is 12.9. The molecule has 0 radical (unpaired) electrons. The summed E-state index contributed by atoms with van der Waals surface area (Å²) in [7, 11) is 0. The average Bonchev–Trinajstić information content (AvgIpc) is 2.53. The first kappa shape index (κ1) is 15.4. The third-order valence-corrected chi connectivity index (χ3v) is 5.46. The molecule has 5 nitrogen and oxygen atoms in total. The highest BCUT2D eigenvalue weighted by Crippen LogP contribution is 2.31. The second-order valence-electron chi connectivity index (χ2n) is 5.73. The third kappa shape index (κ3) is 2.98. The van der Waals surface area contributed by atoms with Crippen molar-refractivity contribution < 1.29 is 19.4 Å². The summed E-state index contributed by atoms with van der Waals surface area (Å²) in [6.45, 7) is 3.89. The van der Waals surface area contributed by atoms with E-state index in [2.05, 4.69) is 0 Å². The SMILES string of the molecule is Cc1cc(C(=O)O)cc(C(=O)N2CCSC3COCCC32)c1. The number of aromatic carboxylic acids is 1. The molecule has 2 saturated heterocycles. The number of fused-ring (bicyclic) bond motifs is 1. The molecule has 0 aromatic heterocycles. The predicted molar refractivity (Wildman–Crippen MR) is 84.6 cm³/mol. The summed E-state index contributed by atoms with van der Waals surface area (Å²) in [5.74, 6) is -0.173. The normalized spacial score (nSPS) is 24.7. The Kier molecular flexibility index (Phi) is 4.40. The van der Waals surface area contributed by atoms with Crippen LogP contribution in [0.2, 0.25) is 0 Å². The van der Waals surface area contributed by atoms with Gasteiger partial charge >= 0.3 is 5.97 Å². The highest BCUT2D eigenvalue weighted by Gasteiger charge is 2.37. The first-order valence-corrected chi connectivity index (χ1v) is 8.46. The molecule has 2 heterocycles. The topological polar surface area (TPSA) is 66.8 Å². The predicted octanol–water partition coefficient (Wildman–Crippen LogP) is 2.04. The fourth-order valence-corrected chi connectivity index (χ4v) is 4.43. The molecule has 1 aromatic carbocycles. The number of thioether (sulfide) groups is 1. The Morgan fingerprint density at radius 2 is 2.09 bits per heavy atom. The maximum atomic E-state index is 12.9. The van der Waals surface area contributed by atoms with Gasteiger partial charge in [0.1, 0.15) is 0 Å². The van der Waals surface area contributed by atoms with E-state index < -0.39 is 5.97 Å². The van der Waals surface area contributed by atoms with Gasteiger partial charge in [-0.15, -0.1) is 0 Å². The number of aryl methyl sites for hydroxylation is 1. The van der Waals surface area contributed by atoms with Gasteiger partial charge in [0.2, 0.25) is 0 Å². The van der Waals surface area contributed by atoms with Gasteiger partial charge in [0.05, 0.1) is 12.2 Å². The average molecular weight is 321 g/mol. The van der Waals surface area contributed by atoms with Crippen molar-refractivity contribution in [2.45, 2.75) is 24.6 Å². The lowest BCUT2D eigenvalue weighted by molar-refractivity contribution is 0.0319. The van der Waals surface area contributed by atoms with E-state index in [1.807, 2.05) is 23.6 Å². The van der Waals surface area contributed by atoms with Crippen LogP contribution in [0.1, 0.15) is 32.7 Å². The molecule has 2 fully saturated rings. The number of ether oxygens (including phenoxy) is 1. The number of amides is 1. The molecular formula is C16H19NO4S. The van der Waals surface area contributed by atoms with Crippen molar-refractivity contribution in [3.05, 3.63) is 34.9 Å². The second-order valence-corrected chi connectivity index (χ2v) is 7.08. The molecule has 0 bridgehead atoms. The quantitative estimate of drug-likeness (QED) is 0.903. The number of rotatable bonds is 2. The number of carboxylic acids is 1. The maximum Gasteiger partial charge on any atom is 0.335 e. The van der Waals surface area contributed by atoms with Crippen LogP contribution in [0.25, 0.3) is 0 Å². The zero-order chi connectivity index (χ0) is 15.7. The molecule has 2 unspecified atom stereocenters. The molecule has 1 amide bonds. The number of benzene rings is 1. The minimum atomic E-state index is -1.00. The van der Waals surface area contributed by atoms with Crippen molar-refractivity contribution in [1.29, 1.82) is 0 Å². The molecule has 6 heteroatoms. The van der Waals surface area contributed by atoms with E-state index >= 15 is 0 Å². The molecule has 118 valence electrons. The summed E-state index contributed by atoms with van der Waals surface area (Å²) in [6, 6.07) is 5.02. The summed E-state index contributed by atoms with van der Waals surface area (Å²) >= 11 is 1.86. The molecule has 2 aliphatic rings. The Bertz CT molecular complexity index is 602. The van der Waals surface area contributed by atoms with Crippen molar-refractivity contribution in [3.63, 3.8) is 0 Å². The second kappa shape index (κ2) is 6.30. The Labute approximate surface area is 133 Å². The number of carbonyl (C=O) groups is 2. The van der Waals surface area contributed by atoms with Crippen LogP contribution in [-0.2, 0) is 4.74 Å². The van der Waals surface area contributed by atoms with Gasteiger partial charge in [-0.2, -0.15) is 11.8 Å². The molecule has 22 heavy (non-hydrogen) atoms. The van der Waals surface area contributed by atoms with Gasteiger partial charge in [-0.1, -0.05) is 0 Å². The van der Waals surface area contributed by atoms with E-state index in [-0.39, 0.29) is 17.5 Å². The van der Waals surface area contributed by atoms with Crippen molar-refractivity contribution in [1.82, 2.24) is 4.90 Å². The summed E-state index contributed by atoms with van der Waals surface area (Å²) in [5, 5.41) is 9.50. The number of carboxylic acid groups (broad SMARTS) is 1. The summed E-state index contributed by atoms with van der Waals surface area (Å²) in [5.41, 5.74) is 1.42. The van der Waals surface area contributed by atoms with Crippen LogP contribution in [-0.4, -0.2) is 58.7 Å². The highest BCUT2D eigenvalue weighted by atomic mass is 32.2. The minimum absolute atomic E-state index is 0.0663. The van der Waals surface area contributed by atoms with Gasteiger partial charge in [0.15, 0.2) is 0 Å². The summed E-state index contributed by atoms with van der Waals surface area (Å²) in [6.07, 6.45) is 0.848. The minimum Gasteiger partial charge on any atom is -0.478 e. The fraction of sp³-hybridized carbons (Fsp3) is 0.500. The zero-order valence-electron chi connectivity index (χ0n) is 12.4. The Balaban J connectivity index is 1.88. The third-order valence-electron chi connectivity index (χ3n) is 4.17. The van der Waals surface area contributed by atoms with E-state index in [4.69, 9.17) is 9.84 Å². The molecule has 0 saturated carbocycles. The molecular weight excluding hydrogens is 302 g/mol. The lowest BCUT2D eigenvalue weighted by atomic mass is 10.0. The molecule has 0 spiro atoms. The number of nitrogens with zero attached hydrogens (tertiary/aromatic N) is 1. The van der Waals surface area contributed by atoms with E-state index in [1.165, 1.54) is 6.07 Å². The Hall–Kier alpha value is -1.53. The van der Waals surface area contributed by atoms with Crippen LogP contribution < -0.4 is 0 Å². The van der Waals surface area contributed by atoms with Gasteiger partial charge in [-0.3, -0.25) is 4.79 Å². The fourth-order valence-electron chi connectivity index (χ4n) is 3.13. The van der Waals surface area contributed by atoms with Gasteiger partial charge in [-0.05, 0) is 37.1 Å². The van der Waals surface area contributed by atoms with Crippen LogP contribution in [0.3, 0.4) is 0 Å². The van der Waals surface area contributed by atoms with Crippen molar-refractivity contribution in [3.8, 4) is 0 Å². The van der Waals surface area contributed by atoms with Gasteiger partial charge < -0.3 is 14.7 Å². The first-order chi connectivity index (χ1) is 10.6.